The molecule has 0 spiro atoms. The van der Waals surface area contributed by atoms with Crippen LogP contribution in [-0.4, -0.2) is 32.7 Å². The Morgan fingerprint density at radius 2 is 2.23 bits per heavy atom. The Morgan fingerprint density at radius 1 is 1.45 bits per heavy atom. The van der Waals surface area contributed by atoms with Gasteiger partial charge in [0.15, 0.2) is 0 Å². The number of benzene rings is 1. The van der Waals surface area contributed by atoms with Gasteiger partial charge in [-0.1, -0.05) is 23.3 Å². The SMILES string of the molecule is CCOc1ccccc1C1C(C(N)=O)=C(C)Nc2nnnn21. The van der Waals surface area contributed by atoms with Gasteiger partial charge in [-0.2, -0.15) is 4.68 Å². The molecular formula is C14H16N6O2. The van der Waals surface area contributed by atoms with E-state index >= 15 is 0 Å². The standard InChI is InChI=1S/C14H16N6O2/c1-3-22-10-7-5-4-6-9(10)12-11(13(15)21)8(2)16-14-17-18-19-20(12)14/h4-7,12H,3H2,1-2H3,(H2,15,21)(H,16,17,19). The van der Waals surface area contributed by atoms with E-state index in [0.29, 0.717) is 29.6 Å². The highest BCUT2D eigenvalue weighted by atomic mass is 16.5. The third-order valence-corrected chi connectivity index (χ3v) is 3.49. The fourth-order valence-corrected chi connectivity index (χ4v) is 2.61. The second-order valence-corrected chi connectivity index (χ2v) is 4.85. The van der Waals surface area contributed by atoms with Crippen LogP contribution in [0.5, 0.6) is 5.75 Å². The first-order valence-corrected chi connectivity index (χ1v) is 6.90. The molecule has 0 aliphatic carbocycles. The Balaban J connectivity index is 2.21. The molecule has 1 aliphatic rings. The zero-order chi connectivity index (χ0) is 15.7. The number of ether oxygens (including phenoxy) is 1. The fraction of sp³-hybridized carbons (Fsp3) is 0.286. The van der Waals surface area contributed by atoms with Gasteiger partial charge in [0.2, 0.25) is 11.9 Å². The Bertz CT molecular complexity index is 751. The zero-order valence-electron chi connectivity index (χ0n) is 12.3. The lowest BCUT2D eigenvalue weighted by Crippen LogP contribution is -2.32. The van der Waals surface area contributed by atoms with Gasteiger partial charge in [0.1, 0.15) is 11.8 Å². The lowest BCUT2D eigenvalue weighted by molar-refractivity contribution is -0.115. The van der Waals surface area contributed by atoms with Crippen molar-refractivity contribution in [1.82, 2.24) is 20.2 Å². The molecule has 3 N–H and O–H groups in total. The molecule has 1 aromatic carbocycles. The van der Waals surface area contributed by atoms with Gasteiger partial charge in [0, 0.05) is 11.3 Å². The van der Waals surface area contributed by atoms with E-state index in [0.717, 1.165) is 5.56 Å². The molecule has 1 atom stereocenters. The summed E-state index contributed by atoms with van der Waals surface area (Å²) in [5.74, 6) is 0.603. The van der Waals surface area contributed by atoms with Crippen LogP contribution in [0.2, 0.25) is 0 Å². The number of tetrazole rings is 1. The van der Waals surface area contributed by atoms with E-state index in [-0.39, 0.29) is 0 Å². The van der Waals surface area contributed by atoms with Crippen molar-refractivity contribution >= 4 is 11.9 Å². The van der Waals surface area contributed by atoms with E-state index < -0.39 is 11.9 Å². The Hall–Kier alpha value is -2.90. The summed E-state index contributed by atoms with van der Waals surface area (Å²) in [6, 6.07) is 6.95. The monoisotopic (exact) mass is 300 g/mol. The number of nitrogens with zero attached hydrogens (tertiary/aromatic N) is 4. The molecule has 1 unspecified atom stereocenters. The molecule has 0 fully saturated rings. The first-order chi connectivity index (χ1) is 10.6. The molecule has 114 valence electrons. The minimum atomic E-state index is -0.526. The van der Waals surface area contributed by atoms with Crippen LogP contribution in [0.4, 0.5) is 5.95 Å². The lowest BCUT2D eigenvalue weighted by atomic mass is 9.94. The average molecular weight is 300 g/mol. The van der Waals surface area contributed by atoms with Crippen molar-refractivity contribution in [2.24, 2.45) is 5.73 Å². The Labute approximate surface area is 126 Å². The average Bonchev–Trinajstić information content (AvgIpc) is 2.94. The van der Waals surface area contributed by atoms with Crippen molar-refractivity contribution in [2.45, 2.75) is 19.9 Å². The van der Waals surface area contributed by atoms with Gasteiger partial charge in [0.05, 0.1) is 12.2 Å². The number of carbonyl (C=O) groups excluding carboxylic acids is 1. The predicted octanol–water partition coefficient (Wildman–Crippen LogP) is 0.846. The molecule has 1 aromatic heterocycles. The highest BCUT2D eigenvalue weighted by Crippen LogP contribution is 2.38. The molecule has 1 amide bonds. The van der Waals surface area contributed by atoms with Crippen LogP contribution in [0.25, 0.3) is 0 Å². The van der Waals surface area contributed by atoms with E-state index in [2.05, 4.69) is 20.8 Å². The van der Waals surface area contributed by atoms with Crippen LogP contribution >= 0.6 is 0 Å². The number of carbonyl (C=O) groups is 1. The van der Waals surface area contributed by atoms with E-state index in [1.165, 1.54) is 4.68 Å². The van der Waals surface area contributed by atoms with Gasteiger partial charge in [-0.15, -0.1) is 0 Å². The third-order valence-electron chi connectivity index (χ3n) is 3.49. The van der Waals surface area contributed by atoms with Crippen molar-refractivity contribution in [2.75, 3.05) is 11.9 Å². The van der Waals surface area contributed by atoms with E-state index in [4.69, 9.17) is 10.5 Å². The minimum absolute atomic E-state index is 0.409. The summed E-state index contributed by atoms with van der Waals surface area (Å²) in [7, 11) is 0. The molecule has 2 heterocycles. The van der Waals surface area contributed by atoms with Crippen molar-refractivity contribution in [3.05, 3.63) is 41.1 Å². The highest BCUT2D eigenvalue weighted by molar-refractivity contribution is 5.95. The number of fused-ring (bicyclic) bond motifs is 1. The summed E-state index contributed by atoms with van der Waals surface area (Å²) >= 11 is 0. The number of aromatic nitrogens is 4. The van der Waals surface area contributed by atoms with Gasteiger partial charge in [0.25, 0.3) is 0 Å². The van der Waals surface area contributed by atoms with E-state index in [1.807, 2.05) is 31.2 Å². The fourth-order valence-electron chi connectivity index (χ4n) is 2.61. The molecule has 3 rings (SSSR count). The maximum atomic E-state index is 12.0. The number of nitrogens with one attached hydrogen (secondary N) is 1. The maximum Gasteiger partial charge on any atom is 0.248 e. The second-order valence-electron chi connectivity index (χ2n) is 4.85. The van der Waals surface area contributed by atoms with Crippen LogP contribution in [0, 0.1) is 0 Å². The smallest absolute Gasteiger partial charge is 0.248 e. The number of anilines is 1. The molecule has 0 bridgehead atoms. The number of amides is 1. The molecule has 8 heteroatoms. The number of nitrogens with two attached hydrogens (primary N) is 1. The molecule has 8 nitrogen and oxygen atoms in total. The number of hydrogen-bond acceptors (Lipinski definition) is 6. The number of primary amides is 1. The summed E-state index contributed by atoms with van der Waals surface area (Å²) < 4.78 is 7.20. The summed E-state index contributed by atoms with van der Waals surface area (Å²) in [5, 5.41) is 14.5. The van der Waals surface area contributed by atoms with Crippen LogP contribution in [0.15, 0.2) is 35.5 Å². The molecule has 0 saturated heterocycles. The predicted molar refractivity (Wildman–Crippen MR) is 79.1 cm³/mol. The molecule has 0 radical (unpaired) electrons. The summed E-state index contributed by atoms with van der Waals surface area (Å²) in [6.07, 6.45) is 0. The largest absolute Gasteiger partial charge is 0.494 e. The quantitative estimate of drug-likeness (QED) is 0.866. The van der Waals surface area contributed by atoms with Gasteiger partial charge >= 0.3 is 0 Å². The molecule has 0 saturated carbocycles. The summed E-state index contributed by atoms with van der Waals surface area (Å²) in [5.41, 5.74) is 7.40. The summed E-state index contributed by atoms with van der Waals surface area (Å²) in [4.78, 5) is 12.0. The number of hydrogen-bond donors (Lipinski definition) is 2. The maximum absolute atomic E-state index is 12.0. The third kappa shape index (κ3) is 2.18. The van der Waals surface area contributed by atoms with Crippen molar-refractivity contribution in [3.8, 4) is 5.75 Å². The summed E-state index contributed by atoms with van der Waals surface area (Å²) in [6.45, 7) is 4.19. The van der Waals surface area contributed by atoms with E-state index in [9.17, 15) is 4.79 Å². The van der Waals surface area contributed by atoms with Crippen molar-refractivity contribution in [3.63, 3.8) is 0 Å². The number of rotatable bonds is 4. The van der Waals surface area contributed by atoms with Crippen molar-refractivity contribution in [1.29, 1.82) is 0 Å². The van der Waals surface area contributed by atoms with Gasteiger partial charge < -0.3 is 15.8 Å². The van der Waals surface area contributed by atoms with Gasteiger partial charge in [-0.3, -0.25) is 4.79 Å². The Kier molecular flexibility index (Phi) is 3.50. The first-order valence-electron chi connectivity index (χ1n) is 6.90. The van der Waals surface area contributed by atoms with Crippen LogP contribution < -0.4 is 15.8 Å². The number of allylic oxidation sites excluding steroid dienone is 1. The second kappa shape index (κ2) is 5.47. The van der Waals surface area contributed by atoms with Gasteiger partial charge in [-0.05, 0) is 30.3 Å². The molecule has 1 aliphatic heterocycles. The lowest BCUT2D eigenvalue weighted by Gasteiger charge is -2.28. The van der Waals surface area contributed by atoms with Crippen molar-refractivity contribution < 1.29 is 9.53 Å². The first kappa shape index (κ1) is 14.1. The Morgan fingerprint density at radius 3 is 2.95 bits per heavy atom. The minimum Gasteiger partial charge on any atom is -0.494 e. The normalized spacial score (nSPS) is 16.9. The topological polar surface area (TPSA) is 108 Å². The highest BCUT2D eigenvalue weighted by Gasteiger charge is 2.34. The van der Waals surface area contributed by atoms with Crippen LogP contribution in [-0.2, 0) is 4.79 Å². The van der Waals surface area contributed by atoms with Crippen LogP contribution in [0.3, 0.4) is 0 Å². The molecular weight excluding hydrogens is 284 g/mol. The van der Waals surface area contributed by atoms with E-state index in [1.54, 1.807) is 6.92 Å². The van der Waals surface area contributed by atoms with Crippen LogP contribution in [0.1, 0.15) is 25.5 Å². The zero-order valence-corrected chi connectivity index (χ0v) is 12.3. The van der Waals surface area contributed by atoms with Gasteiger partial charge in [-0.25, -0.2) is 0 Å². The number of para-hydroxylation sites is 1. The molecule has 2 aromatic rings. The molecule has 22 heavy (non-hydrogen) atoms.